The van der Waals surface area contributed by atoms with Crippen LogP contribution in [0.2, 0.25) is 0 Å². The van der Waals surface area contributed by atoms with Crippen LogP contribution in [0, 0.1) is 19.7 Å². The third-order valence-electron chi connectivity index (χ3n) is 3.10. The van der Waals surface area contributed by atoms with Crippen LogP contribution < -0.4 is 4.18 Å². The summed E-state index contributed by atoms with van der Waals surface area (Å²) < 4.78 is 76.9. The summed E-state index contributed by atoms with van der Waals surface area (Å²) >= 11 is 0. The van der Waals surface area contributed by atoms with Crippen LogP contribution in [0.15, 0.2) is 24.3 Å². The lowest BCUT2D eigenvalue weighted by Crippen LogP contribution is -2.29. The van der Waals surface area contributed by atoms with Crippen LogP contribution in [0.1, 0.15) is 22.6 Å². The van der Waals surface area contributed by atoms with Crippen molar-refractivity contribution in [2.24, 2.45) is 0 Å². The molecule has 0 aliphatic rings. The molecule has 2 rings (SSSR count). The highest BCUT2D eigenvalue weighted by molar-refractivity contribution is 7.87. The predicted molar refractivity (Wildman–Crippen MR) is 76.3 cm³/mol. The molecule has 1 aromatic carbocycles. The molecule has 1 heterocycles. The van der Waals surface area contributed by atoms with E-state index >= 15 is 0 Å². The van der Waals surface area contributed by atoms with Crippen molar-refractivity contribution in [3.05, 3.63) is 52.7 Å². The third kappa shape index (κ3) is 3.99. The summed E-state index contributed by atoms with van der Waals surface area (Å²) in [5, 5.41) is 0. The first kappa shape index (κ1) is 18.1. The third-order valence-corrected chi connectivity index (χ3v) is 4.04. The maximum Gasteiger partial charge on any atom is 0.534 e. The minimum atomic E-state index is -5.86. The van der Waals surface area contributed by atoms with Crippen LogP contribution in [0.25, 0.3) is 0 Å². The van der Waals surface area contributed by atoms with Crippen molar-refractivity contribution in [3.8, 4) is 5.88 Å². The van der Waals surface area contributed by atoms with Crippen LogP contribution in [0.4, 0.5) is 17.6 Å². The summed E-state index contributed by atoms with van der Waals surface area (Å²) in [6.45, 7) is 3.02. The molecule has 1 aromatic heterocycles. The smallest absolute Gasteiger partial charge is 0.353 e. The number of benzene rings is 1. The maximum atomic E-state index is 12.9. The Bertz CT molecular complexity index is 850. The first-order valence-electron chi connectivity index (χ1n) is 6.59. The predicted octanol–water partition coefficient (Wildman–Crippen LogP) is 3.05. The van der Waals surface area contributed by atoms with E-state index in [0.29, 0.717) is 11.3 Å². The van der Waals surface area contributed by atoms with Crippen LogP contribution in [0.5, 0.6) is 5.88 Å². The van der Waals surface area contributed by atoms with Crippen LogP contribution in [0.3, 0.4) is 0 Å². The minimum absolute atomic E-state index is 0.0723. The largest absolute Gasteiger partial charge is 0.534 e. The van der Waals surface area contributed by atoms with Crippen molar-refractivity contribution in [1.29, 1.82) is 0 Å². The second-order valence-electron chi connectivity index (χ2n) is 4.93. The van der Waals surface area contributed by atoms with Gasteiger partial charge in [0.2, 0.25) is 0 Å². The lowest BCUT2D eigenvalue weighted by atomic mass is 10.1. The molecule has 2 aromatic rings. The zero-order valence-electron chi connectivity index (χ0n) is 12.6. The normalized spacial score (nSPS) is 12.2. The first-order chi connectivity index (χ1) is 11.0. The second kappa shape index (κ2) is 6.34. The molecule has 0 unspecified atom stereocenters. The molecule has 0 aliphatic carbocycles. The van der Waals surface area contributed by atoms with E-state index in [9.17, 15) is 26.0 Å². The van der Waals surface area contributed by atoms with E-state index in [1.807, 2.05) is 0 Å². The van der Waals surface area contributed by atoms with E-state index in [2.05, 4.69) is 14.2 Å². The average molecular weight is 364 g/mol. The number of rotatable bonds is 4. The van der Waals surface area contributed by atoms with E-state index in [1.54, 1.807) is 6.92 Å². The SMILES string of the molecule is Cc1nc(Cc2ccc(F)cc2)c(OS(=O)(=O)C(F)(F)F)nc1C. The highest BCUT2D eigenvalue weighted by atomic mass is 32.2. The van der Waals surface area contributed by atoms with Crippen molar-refractivity contribution < 1.29 is 30.2 Å². The number of aromatic nitrogens is 2. The van der Waals surface area contributed by atoms with Gasteiger partial charge in [-0.2, -0.15) is 21.6 Å². The number of nitrogens with zero attached hydrogens (tertiary/aromatic N) is 2. The zero-order valence-corrected chi connectivity index (χ0v) is 13.4. The molecular weight excluding hydrogens is 352 g/mol. The van der Waals surface area contributed by atoms with Crippen molar-refractivity contribution >= 4 is 10.1 Å². The second-order valence-corrected chi connectivity index (χ2v) is 6.47. The van der Waals surface area contributed by atoms with Gasteiger partial charge in [-0.15, -0.1) is 0 Å². The first-order valence-corrected chi connectivity index (χ1v) is 8.00. The standard InChI is InChI=1S/C14H12F4N2O3S/c1-8-9(2)20-13(23-24(21,22)14(16,17)18)12(19-8)7-10-3-5-11(15)6-4-10/h3-6H,7H2,1-2H3. The van der Waals surface area contributed by atoms with Gasteiger partial charge in [-0.05, 0) is 31.5 Å². The van der Waals surface area contributed by atoms with Crippen LogP contribution in [-0.4, -0.2) is 23.9 Å². The van der Waals surface area contributed by atoms with Gasteiger partial charge in [0.15, 0.2) is 0 Å². The lowest BCUT2D eigenvalue weighted by molar-refractivity contribution is -0.0501. The fourth-order valence-corrected chi connectivity index (χ4v) is 2.19. The van der Waals surface area contributed by atoms with Crippen molar-refractivity contribution in [1.82, 2.24) is 9.97 Å². The molecule has 0 atom stereocenters. The Morgan fingerprint density at radius 2 is 1.58 bits per heavy atom. The number of alkyl halides is 3. The number of hydrogen-bond acceptors (Lipinski definition) is 5. The van der Waals surface area contributed by atoms with E-state index in [-0.39, 0.29) is 17.8 Å². The van der Waals surface area contributed by atoms with Gasteiger partial charge in [-0.25, -0.2) is 9.37 Å². The quantitative estimate of drug-likeness (QED) is 0.474. The summed E-state index contributed by atoms with van der Waals surface area (Å²) in [7, 11) is -5.86. The molecule has 10 heteroatoms. The summed E-state index contributed by atoms with van der Waals surface area (Å²) in [5.41, 5.74) is -4.55. The fraction of sp³-hybridized carbons (Fsp3) is 0.286. The number of hydrogen-bond donors (Lipinski definition) is 0. The average Bonchev–Trinajstić information content (AvgIpc) is 2.45. The van der Waals surface area contributed by atoms with Gasteiger partial charge in [0.25, 0.3) is 5.88 Å². The van der Waals surface area contributed by atoms with Gasteiger partial charge in [-0.3, -0.25) is 4.98 Å². The Labute approximate surface area is 135 Å². The molecule has 0 fully saturated rings. The fourth-order valence-electron chi connectivity index (χ4n) is 1.76. The molecule has 0 N–H and O–H groups in total. The topological polar surface area (TPSA) is 69.2 Å². The minimum Gasteiger partial charge on any atom is -0.353 e. The highest BCUT2D eigenvalue weighted by Gasteiger charge is 2.49. The van der Waals surface area contributed by atoms with Crippen LogP contribution in [-0.2, 0) is 16.5 Å². The van der Waals surface area contributed by atoms with Gasteiger partial charge in [0, 0.05) is 6.42 Å². The van der Waals surface area contributed by atoms with Crippen LogP contribution >= 0.6 is 0 Å². The molecule has 130 valence electrons. The van der Waals surface area contributed by atoms with Crippen molar-refractivity contribution in [3.63, 3.8) is 0 Å². The van der Waals surface area contributed by atoms with Gasteiger partial charge < -0.3 is 4.18 Å². The summed E-state index contributed by atoms with van der Waals surface area (Å²) in [6, 6.07) is 5.12. The van der Waals surface area contributed by atoms with Crippen molar-refractivity contribution in [2.75, 3.05) is 0 Å². The zero-order chi connectivity index (χ0) is 18.1. The number of halogens is 4. The Balaban J connectivity index is 2.44. The molecule has 0 aliphatic heterocycles. The number of aryl methyl sites for hydroxylation is 2. The Kier molecular flexibility index (Phi) is 4.79. The molecule has 0 amide bonds. The van der Waals surface area contributed by atoms with E-state index < -0.39 is 27.3 Å². The maximum absolute atomic E-state index is 12.9. The summed E-state index contributed by atoms with van der Waals surface area (Å²) in [4.78, 5) is 7.79. The molecule has 5 nitrogen and oxygen atoms in total. The van der Waals surface area contributed by atoms with Gasteiger partial charge in [0.1, 0.15) is 11.5 Å². The summed E-state index contributed by atoms with van der Waals surface area (Å²) in [5.74, 6) is -1.24. The Morgan fingerprint density at radius 3 is 2.12 bits per heavy atom. The van der Waals surface area contributed by atoms with E-state index in [0.717, 1.165) is 12.1 Å². The Hall–Kier alpha value is -2.23. The van der Waals surface area contributed by atoms with E-state index in [1.165, 1.54) is 19.1 Å². The molecule has 0 saturated heterocycles. The molecule has 0 bridgehead atoms. The van der Waals surface area contributed by atoms with Gasteiger partial charge >= 0.3 is 15.6 Å². The molecular formula is C14H12F4N2O3S. The lowest BCUT2D eigenvalue weighted by Gasteiger charge is -2.13. The van der Waals surface area contributed by atoms with Gasteiger partial charge in [0.05, 0.1) is 11.4 Å². The Morgan fingerprint density at radius 1 is 1.04 bits per heavy atom. The van der Waals surface area contributed by atoms with E-state index in [4.69, 9.17) is 0 Å². The summed E-state index contributed by atoms with van der Waals surface area (Å²) in [6.07, 6.45) is -0.0723. The molecule has 0 radical (unpaired) electrons. The monoisotopic (exact) mass is 364 g/mol. The van der Waals surface area contributed by atoms with Gasteiger partial charge in [-0.1, -0.05) is 12.1 Å². The molecule has 0 spiro atoms. The van der Waals surface area contributed by atoms with Crippen molar-refractivity contribution in [2.45, 2.75) is 25.8 Å². The highest BCUT2D eigenvalue weighted by Crippen LogP contribution is 2.28. The molecule has 0 saturated carbocycles. The molecule has 24 heavy (non-hydrogen) atoms.